The van der Waals surface area contributed by atoms with Crippen LogP contribution in [0, 0.1) is 6.92 Å². The lowest BCUT2D eigenvalue weighted by atomic mass is 10.1. The molecule has 0 amide bonds. The van der Waals surface area contributed by atoms with Crippen LogP contribution in [0.15, 0.2) is 18.2 Å². The maximum Gasteiger partial charge on any atom is 0.342 e. The highest BCUT2D eigenvalue weighted by molar-refractivity contribution is 6.42. The Morgan fingerprint density at radius 3 is 2.78 bits per heavy atom. The van der Waals surface area contributed by atoms with Gasteiger partial charge < -0.3 is 4.74 Å². The first kappa shape index (κ1) is 13.1. The van der Waals surface area contributed by atoms with Crippen LogP contribution in [0.1, 0.15) is 22.8 Å². The van der Waals surface area contributed by atoms with Crippen molar-refractivity contribution >= 4 is 40.1 Å². The molecule has 0 saturated carbocycles. The van der Waals surface area contributed by atoms with Crippen molar-refractivity contribution in [1.29, 1.82) is 0 Å². The second kappa shape index (κ2) is 5.12. The van der Waals surface area contributed by atoms with E-state index >= 15 is 0 Å². The fraction of sp³-hybridized carbons (Fsp3) is 0.231. The minimum absolute atomic E-state index is 0.0663. The van der Waals surface area contributed by atoms with E-state index in [9.17, 15) is 4.79 Å². The standard InChI is InChI=1S/C13H11Cl2NO2/c1-3-18-13(17)10-11(14)9-7(2)5-4-6-8(9)16-12(10)15/h4-6H,3H2,1-2H3. The van der Waals surface area contributed by atoms with Gasteiger partial charge in [0.1, 0.15) is 10.7 Å². The van der Waals surface area contributed by atoms with Gasteiger partial charge in [-0.3, -0.25) is 0 Å². The van der Waals surface area contributed by atoms with Crippen LogP contribution < -0.4 is 0 Å². The Balaban J connectivity index is 2.75. The fourth-order valence-electron chi connectivity index (χ4n) is 1.79. The summed E-state index contributed by atoms with van der Waals surface area (Å²) in [5.74, 6) is -0.551. The minimum Gasteiger partial charge on any atom is -0.462 e. The van der Waals surface area contributed by atoms with E-state index in [-0.39, 0.29) is 17.3 Å². The van der Waals surface area contributed by atoms with Crippen molar-refractivity contribution in [2.24, 2.45) is 0 Å². The quantitative estimate of drug-likeness (QED) is 0.617. The number of aromatic nitrogens is 1. The maximum absolute atomic E-state index is 11.8. The number of aryl methyl sites for hydroxylation is 1. The molecule has 0 bridgehead atoms. The number of ether oxygens (including phenoxy) is 1. The number of esters is 1. The second-order valence-electron chi connectivity index (χ2n) is 3.78. The van der Waals surface area contributed by atoms with E-state index in [4.69, 9.17) is 27.9 Å². The molecule has 0 spiro atoms. The lowest BCUT2D eigenvalue weighted by Gasteiger charge is -2.10. The van der Waals surface area contributed by atoms with Crippen LogP contribution in [0.4, 0.5) is 0 Å². The summed E-state index contributed by atoms with van der Waals surface area (Å²) in [6.45, 7) is 3.88. The Morgan fingerprint density at radius 1 is 1.39 bits per heavy atom. The third-order valence-electron chi connectivity index (χ3n) is 2.59. The molecule has 1 aromatic carbocycles. The van der Waals surface area contributed by atoms with Gasteiger partial charge in [0, 0.05) is 5.39 Å². The normalized spacial score (nSPS) is 10.7. The second-order valence-corrected chi connectivity index (χ2v) is 4.52. The molecule has 1 aromatic heterocycles. The van der Waals surface area contributed by atoms with Crippen molar-refractivity contribution in [1.82, 2.24) is 4.98 Å². The molecule has 1 heterocycles. The van der Waals surface area contributed by atoms with E-state index in [1.165, 1.54) is 0 Å². The minimum atomic E-state index is -0.551. The number of fused-ring (bicyclic) bond motifs is 1. The molecule has 0 radical (unpaired) electrons. The molecule has 0 aliphatic heterocycles. The highest BCUT2D eigenvalue weighted by Gasteiger charge is 2.20. The molecule has 0 saturated heterocycles. The summed E-state index contributed by atoms with van der Waals surface area (Å²) >= 11 is 12.3. The molecule has 94 valence electrons. The van der Waals surface area contributed by atoms with E-state index in [1.54, 1.807) is 13.0 Å². The summed E-state index contributed by atoms with van der Waals surface area (Å²) in [5, 5.41) is 1.09. The summed E-state index contributed by atoms with van der Waals surface area (Å²) in [4.78, 5) is 16.0. The molecule has 0 N–H and O–H groups in total. The maximum atomic E-state index is 11.8. The molecule has 0 aliphatic carbocycles. The third kappa shape index (κ3) is 2.16. The van der Waals surface area contributed by atoms with Crippen molar-refractivity contribution in [3.63, 3.8) is 0 Å². The van der Waals surface area contributed by atoms with Gasteiger partial charge in [0.15, 0.2) is 0 Å². The number of pyridine rings is 1. The van der Waals surface area contributed by atoms with Crippen molar-refractivity contribution in [3.05, 3.63) is 39.5 Å². The zero-order valence-electron chi connectivity index (χ0n) is 9.96. The highest BCUT2D eigenvalue weighted by Crippen LogP contribution is 2.33. The van der Waals surface area contributed by atoms with E-state index in [0.29, 0.717) is 10.5 Å². The smallest absolute Gasteiger partial charge is 0.342 e. The topological polar surface area (TPSA) is 39.2 Å². The number of benzene rings is 1. The zero-order chi connectivity index (χ0) is 13.3. The van der Waals surface area contributed by atoms with Crippen LogP contribution in [0.2, 0.25) is 10.2 Å². The van der Waals surface area contributed by atoms with Gasteiger partial charge in [-0.25, -0.2) is 9.78 Å². The van der Waals surface area contributed by atoms with E-state index < -0.39 is 5.97 Å². The van der Waals surface area contributed by atoms with E-state index in [0.717, 1.165) is 10.9 Å². The number of nitrogens with zero attached hydrogens (tertiary/aromatic N) is 1. The van der Waals surface area contributed by atoms with Gasteiger partial charge in [0.2, 0.25) is 0 Å². The Morgan fingerprint density at radius 2 is 2.11 bits per heavy atom. The van der Waals surface area contributed by atoms with Crippen LogP contribution in [0.5, 0.6) is 0 Å². The third-order valence-corrected chi connectivity index (χ3v) is 3.25. The van der Waals surface area contributed by atoms with Crippen LogP contribution in [-0.4, -0.2) is 17.6 Å². The molecule has 3 nitrogen and oxygen atoms in total. The van der Waals surface area contributed by atoms with E-state index in [1.807, 2.05) is 19.1 Å². The van der Waals surface area contributed by atoms with Crippen molar-refractivity contribution in [2.75, 3.05) is 6.61 Å². The van der Waals surface area contributed by atoms with Crippen LogP contribution in [-0.2, 0) is 4.74 Å². The molecule has 0 unspecified atom stereocenters. The molecule has 2 rings (SSSR count). The summed E-state index contributed by atoms with van der Waals surface area (Å²) in [7, 11) is 0. The van der Waals surface area contributed by atoms with Gasteiger partial charge in [0.05, 0.1) is 17.1 Å². The molecule has 5 heteroatoms. The lowest BCUT2D eigenvalue weighted by Crippen LogP contribution is -2.08. The first-order chi connectivity index (χ1) is 8.56. The number of rotatable bonds is 2. The average Bonchev–Trinajstić information content (AvgIpc) is 2.28. The van der Waals surface area contributed by atoms with Crippen LogP contribution >= 0.6 is 23.2 Å². The fourth-order valence-corrected chi connectivity index (χ4v) is 2.51. The molecule has 18 heavy (non-hydrogen) atoms. The van der Waals surface area contributed by atoms with E-state index in [2.05, 4.69) is 4.98 Å². The molecule has 2 aromatic rings. The van der Waals surface area contributed by atoms with Crippen molar-refractivity contribution in [2.45, 2.75) is 13.8 Å². The summed E-state index contributed by atoms with van der Waals surface area (Å²) in [6, 6.07) is 5.56. The Bertz CT molecular complexity index is 626. The van der Waals surface area contributed by atoms with Gasteiger partial charge in [0.25, 0.3) is 0 Å². The van der Waals surface area contributed by atoms with Gasteiger partial charge >= 0.3 is 5.97 Å². The lowest BCUT2D eigenvalue weighted by molar-refractivity contribution is 0.0526. The Kier molecular flexibility index (Phi) is 3.73. The Hall–Kier alpha value is -1.32. The number of halogens is 2. The predicted molar refractivity (Wildman–Crippen MR) is 72.5 cm³/mol. The summed E-state index contributed by atoms with van der Waals surface area (Å²) in [5.41, 5.74) is 1.73. The zero-order valence-corrected chi connectivity index (χ0v) is 11.5. The summed E-state index contributed by atoms with van der Waals surface area (Å²) in [6.07, 6.45) is 0. The number of carbonyl (C=O) groups is 1. The van der Waals surface area contributed by atoms with Gasteiger partial charge in [-0.15, -0.1) is 0 Å². The first-order valence-corrected chi connectivity index (χ1v) is 6.23. The monoisotopic (exact) mass is 283 g/mol. The first-order valence-electron chi connectivity index (χ1n) is 5.47. The molecule has 0 aliphatic rings. The summed E-state index contributed by atoms with van der Waals surface area (Å²) < 4.78 is 4.93. The van der Waals surface area contributed by atoms with Gasteiger partial charge in [-0.2, -0.15) is 0 Å². The molecule has 0 atom stereocenters. The molecular weight excluding hydrogens is 273 g/mol. The highest BCUT2D eigenvalue weighted by atomic mass is 35.5. The Labute approximate surface area is 115 Å². The number of hydrogen-bond acceptors (Lipinski definition) is 3. The van der Waals surface area contributed by atoms with Crippen molar-refractivity contribution < 1.29 is 9.53 Å². The van der Waals surface area contributed by atoms with Gasteiger partial charge in [-0.05, 0) is 25.5 Å². The van der Waals surface area contributed by atoms with Crippen molar-refractivity contribution in [3.8, 4) is 0 Å². The van der Waals surface area contributed by atoms with Crippen LogP contribution in [0.25, 0.3) is 10.9 Å². The van der Waals surface area contributed by atoms with Crippen LogP contribution in [0.3, 0.4) is 0 Å². The largest absolute Gasteiger partial charge is 0.462 e. The molecular formula is C13H11Cl2NO2. The number of hydrogen-bond donors (Lipinski definition) is 0. The average molecular weight is 284 g/mol. The SMILES string of the molecule is CCOC(=O)c1c(Cl)nc2cccc(C)c2c1Cl. The molecule has 0 fully saturated rings. The van der Waals surface area contributed by atoms with Gasteiger partial charge in [-0.1, -0.05) is 35.3 Å². The predicted octanol–water partition coefficient (Wildman–Crippen LogP) is 4.03. The number of carbonyl (C=O) groups excluding carboxylic acids is 1.